The van der Waals surface area contributed by atoms with Gasteiger partial charge in [0.25, 0.3) is 0 Å². The molecule has 0 atom stereocenters. The van der Waals surface area contributed by atoms with Crippen molar-refractivity contribution in [2.45, 2.75) is 49.5 Å². The topological polar surface area (TPSA) is 58.2 Å². The molecule has 0 saturated heterocycles. The van der Waals surface area contributed by atoms with Crippen molar-refractivity contribution in [1.82, 2.24) is 5.32 Å². The first-order chi connectivity index (χ1) is 10.2. The lowest BCUT2D eigenvalue weighted by atomic mass is 10.1. The zero-order chi connectivity index (χ0) is 15.1. The van der Waals surface area contributed by atoms with E-state index in [2.05, 4.69) is 10.6 Å². The Balaban J connectivity index is 1.88. The summed E-state index contributed by atoms with van der Waals surface area (Å²) in [6.45, 7) is 0. The molecule has 0 aliphatic heterocycles. The Bertz CT molecular complexity index is 497. The van der Waals surface area contributed by atoms with Crippen molar-refractivity contribution < 1.29 is 9.59 Å². The fourth-order valence-electron chi connectivity index (χ4n) is 2.56. The van der Waals surface area contributed by atoms with Crippen LogP contribution in [0, 0.1) is 0 Å². The van der Waals surface area contributed by atoms with Crippen molar-refractivity contribution in [3.8, 4) is 0 Å². The Kier molecular flexibility index (Phi) is 6.11. The molecule has 1 aliphatic carbocycles. The van der Waals surface area contributed by atoms with E-state index in [4.69, 9.17) is 0 Å². The number of hydrogen-bond acceptors (Lipinski definition) is 3. The minimum atomic E-state index is -0.586. The van der Waals surface area contributed by atoms with Gasteiger partial charge in [-0.05, 0) is 37.3 Å². The Hall–Kier alpha value is -1.49. The van der Waals surface area contributed by atoms with Crippen LogP contribution in [0.5, 0.6) is 0 Å². The molecule has 2 rings (SSSR count). The molecule has 0 heterocycles. The van der Waals surface area contributed by atoms with Crippen LogP contribution in [-0.2, 0) is 9.59 Å². The number of rotatable bonds is 3. The quantitative estimate of drug-likeness (QED) is 0.512. The molecule has 0 spiro atoms. The van der Waals surface area contributed by atoms with Crippen molar-refractivity contribution in [2.75, 3.05) is 11.6 Å². The Morgan fingerprint density at radius 3 is 2.48 bits per heavy atom. The van der Waals surface area contributed by atoms with Crippen LogP contribution in [-0.4, -0.2) is 24.1 Å². The molecule has 2 N–H and O–H groups in total. The van der Waals surface area contributed by atoms with Crippen molar-refractivity contribution in [3.63, 3.8) is 0 Å². The number of carbonyl (C=O) groups excluding carboxylic acids is 2. The molecule has 2 amide bonds. The predicted octanol–water partition coefficient (Wildman–Crippen LogP) is 3.19. The van der Waals surface area contributed by atoms with E-state index in [0.717, 1.165) is 30.6 Å². The largest absolute Gasteiger partial charge is 0.345 e. The first-order valence-corrected chi connectivity index (χ1v) is 8.67. The third-order valence-electron chi connectivity index (χ3n) is 3.72. The molecule has 4 nitrogen and oxygen atoms in total. The van der Waals surface area contributed by atoms with Gasteiger partial charge in [-0.15, -0.1) is 11.8 Å². The predicted molar refractivity (Wildman–Crippen MR) is 86.5 cm³/mol. The van der Waals surface area contributed by atoms with Crippen LogP contribution in [0.3, 0.4) is 0 Å². The lowest BCUT2D eigenvalue weighted by Crippen LogP contribution is -2.41. The highest BCUT2D eigenvalue weighted by Crippen LogP contribution is 2.19. The van der Waals surface area contributed by atoms with Gasteiger partial charge in [-0.3, -0.25) is 9.59 Å². The normalized spacial score (nSPS) is 16.0. The van der Waals surface area contributed by atoms with E-state index in [9.17, 15) is 9.59 Å². The number of anilines is 1. The fourth-order valence-corrected chi connectivity index (χ4v) is 3.02. The second-order valence-electron chi connectivity index (χ2n) is 5.35. The van der Waals surface area contributed by atoms with Gasteiger partial charge in [0, 0.05) is 16.6 Å². The van der Waals surface area contributed by atoms with Crippen LogP contribution in [0.15, 0.2) is 29.2 Å². The van der Waals surface area contributed by atoms with Gasteiger partial charge in [0.1, 0.15) is 0 Å². The summed E-state index contributed by atoms with van der Waals surface area (Å²) < 4.78 is 0. The van der Waals surface area contributed by atoms with E-state index < -0.39 is 11.8 Å². The highest BCUT2D eigenvalue weighted by Gasteiger charge is 2.19. The van der Waals surface area contributed by atoms with Crippen LogP contribution in [0.25, 0.3) is 0 Å². The molecule has 114 valence electrons. The molecule has 0 aromatic heterocycles. The number of carbonyl (C=O) groups is 2. The monoisotopic (exact) mass is 306 g/mol. The molecule has 0 radical (unpaired) electrons. The Morgan fingerprint density at radius 2 is 1.81 bits per heavy atom. The zero-order valence-electron chi connectivity index (χ0n) is 12.4. The summed E-state index contributed by atoms with van der Waals surface area (Å²) >= 11 is 1.60. The minimum Gasteiger partial charge on any atom is -0.345 e. The maximum absolute atomic E-state index is 12.0. The maximum atomic E-state index is 12.0. The summed E-state index contributed by atoms with van der Waals surface area (Å²) in [6, 6.07) is 7.62. The number of hydrogen-bond donors (Lipinski definition) is 2. The summed E-state index contributed by atoms with van der Waals surface area (Å²) in [5.41, 5.74) is 0.655. The van der Waals surface area contributed by atoms with E-state index in [1.54, 1.807) is 17.8 Å². The number of benzene rings is 1. The van der Waals surface area contributed by atoms with Crippen LogP contribution in [0.1, 0.15) is 38.5 Å². The van der Waals surface area contributed by atoms with E-state index in [1.807, 2.05) is 24.5 Å². The third-order valence-corrected chi connectivity index (χ3v) is 4.45. The van der Waals surface area contributed by atoms with Crippen molar-refractivity contribution in [1.29, 1.82) is 0 Å². The number of amides is 2. The molecule has 0 bridgehead atoms. The smallest absolute Gasteiger partial charge is 0.313 e. The van der Waals surface area contributed by atoms with Crippen molar-refractivity contribution in [3.05, 3.63) is 24.3 Å². The SMILES string of the molecule is CSc1cccc(NC(=O)C(=O)NC2CCCCCC2)c1. The van der Waals surface area contributed by atoms with E-state index in [1.165, 1.54) is 12.8 Å². The number of nitrogens with one attached hydrogen (secondary N) is 2. The van der Waals surface area contributed by atoms with Crippen LogP contribution >= 0.6 is 11.8 Å². The highest BCUT2D eigenvalue weighted by molar-refractivity contribution is 7.98. The molecule has 1 aromatic carbocycles. The molecule has 1 aliphatic rings. The first kappa shape index (κ1) is 15.9. The summed E-state index contributed by atoms with van der Waals surface area (Å²) in [7, 11) is 0. The molecule has 1 saturated carbocycles. The molecule has 1 aromatic rings. The van der Waals surface area contributed by atoms with Crippen molar-refractivity contribution >= 4 is 29.3 Å². The summed E-state index contributed by atoms with van der Waals surface area (Å²) in [6.07, 6.45) is 8.62. The van der Waals surface area contributed by atoms with Gasteiger partial charge in [0.2, 0.25) is 0 Å². The Morgan fingerprint density at radius 1 is 1.10 bits per heavy atom. The van der Waals surface area contributed by atoms with Crippen LogP contribution in [0.4, 0.5) is 5.69 Å². The second kappa shape index (κ2) is 8.08. The summed E-state index contributed by atoms with van der Waals surface area (Å²) in [4.78, 5) is 24.9. The molecular formula is C16H22N2O2S. The van der Waals surface area contributed by atoms with E-state index >= 15 is 0 Å². The third kappa shape index (κ3) is 5.08. The summed E-state index contributed by atoms with van der Waals surface area (Å²) in [5.74, 6) is -1.12. The van der Waals surface area contributed by atoms with Crippen LogP contribution < -0.4 is 10.6 Å². The van der Waals surface area contributed by atoms with Crippen LogP contribution in [0.2, 0.25) is 0 Å². The average molecular weight is 306 g/mol. The standard InChI is InChI=1S/C16H22N2O2S/c1-21-14-10-6-9-13(11-14)18-16(20)15(19)17-12-7-4-2-3-5-8-12/h6,9-12H,2-5,7-8H2,1H3,(H,17,19)(H,18,20). The van der Waals surface area contributed by atoms with Gasteiger partial charge >= 0.3 is 11.8 Å². The van der Waals surface area contributed by atoms with E-state index in [-0.39, 0.29) is 6.04 Å². The summed E-state index contributed by atoms with van der Waals surface area (Å²) in [5, 5.41) is 5.51. The average Bonchev–Trinajstić information content (AvgIpc) is 2.76. The first-order valence-electron chi connectivity index (χ1n) is 7.45. The zero-order valence-corrected chi connectivity index (χ0v) is 13.2. The second-order valence-corrected chi connectivity index (χ2v) is 6.23. The Labute approximate surface area is 130 Å². The molecular weight excluding hydrogens is 284 g/mol. The lowest BCUT2D eigenvalue weighted by Gasteiger charge is -2.15. The van der Waals surface area contributed by atoms with E-state index in [0.29, 0.717) is 5.69 Å². The minimum absolute atomic E-state index is 0.142. The molecule has 1 fully saturated rings. The number of thioether (sulfide) groups is 1. The van der Waals surface area contributed by atoms with Gasteiger partial charge < -0.3 is 10.6 Å². The molecule has 5 heteroatoms. The van der Waals surface area contributed by atoms with Gasteiger partial charge in [-0.1, -0.05) is 31.7 Å². The molecule has 21 heavy (non-hydrogen) atoms. The van der Waals surface area contributed by atoms with Gasteiger partial charge in [-0.25, -0.2) is 0 Å². The lowest BCUT2D eigenvalue weighted by molar-refractivity contribution is -0.136. The van der Waals surface area contributed by atoms with Gasteiger partial charge in [-0.2, -0.15) is 0 Å². The van der Waals surface area contributed by atoms with Crippen molar-refractivity contribution in [2.24, 2.45) is 0 Å². The van der Waals surface area contributed by atoms with Gasteiger partial charge in [0.05, 0.1) is 0 Å². The molecule has 0 unspecified atom stereocenters. The van der Waals surface area contributed by atoms with Gasteiger partial charge in [0.15, 0.2) is 0 Å². The fraction of sp³-hybridized carbons (Fsp3) is 0.500. The highest BCUT2D eigenvalue weighted by atomic mass is 32.2. The maximum Gasteiger partial charge on any atom is 0.313 e.